The molecule has 0 atom stereocenters. The minimum Gasteiger partial charge on any atom is -0.453 e. The third kappa shape index (κ3) is 4.50. The first-order valence-electron chi connectivity index (χ1n) is 2.16. The predicted molar refractivity (Wildman–Crippen MR) is 28.5 cm³/mol. The molecule has 5 nitrogen and oxygen atoms in total. The summed E-state index contributed by atoms with van der Waals surface area (Å²) in [4.78, 5) is 22.6. The minimum atomic E-state index is -0.617. The van der Waals surface area contributed by atoms with Crippen molar-refractivity contribution < 1.29 is 14.3 Å². The number of ether oxygens (including phenoxy) is 1. The second-order valence-corrected chi connectivity index (χ2v) is 1.08. The minimum absolute atomic E-state index is 0.0871. The van der Waals surface area contributed by atoms with Gasteiger partial charge in [0.25, 0.3) is 0 Å². The summed E-state index contributed by atoms with van der Waals surface area (Å²) >= 11 is 0. The van der Waals surface area contributed by atoms with Crippen molar-refractivity contribution in [2.45, 2.75) is 0 Å². The smallest absolute Gasteiger partial charge is 0.408 e. The number of methoxy groups -OCH3 is 1. The molecule has 5 heteroatoms. The SMILES string of the molecule is COC(=O)NCN=C=O. The molecule has 0 aromatic heterocycles. The van der Waals surface area contributed by atoms with E-state index in [-0.39, 0.29) is 6.67 Å². The van der Waals surface area contributed by atoms with Crippen molar-refractivity contribution in [2.75, 3.05) is 13.8 Å². The number of aliphatic imine (C=N–C) groups is 1. The molecule has 0 aromatic rings. The molecule has 0 radical (unpaired) electrons. The molecule has 0 spiro atoms. The summed E-state index contributed by atoms with van der Waals surface area (Å²) in [6.45, 7) is -0.0871. The Labute approximate surface area is 51.7 Å². The predicted octanol–water partition coefficient (Wildman–Crippen LogP) is -0.364. The van der Waals surface area contributed by atoms with Crippen molar-refractivity contribution >= 4 is 12.2 Å². The average molecular weight is 130 g/mol. The van der Waals surface area contributed by atoms with Gasteiger partial charge in [-0.05, 0) is 0 Å². The molecule has 1 N–H and O–H groups in total. The van der Waals surface area contributed by atoms with Gasteiger partial charge in [0.05, 0.1) is 7.11 Å². The molecule has 9 heavy (non-hydrogen) atoms. The van der Waals surface area contributed by atoms with Crippen LogP contribution in [0.2, 0.25) is 0 Å². The highest BCUT2D eigenvalue weighted by atomic mass is 16.5. The van der Waals surface area contributed by atoms with E-state index >= 15 is 0 Å². The normalized spacial score (nSPS) is 7.22. The molecule has 1 amide bonds. The van der Waals surface area contributed by atoms with Gasteiger partial charge in [0.1, 0.15) is 6.67 Å². The van der Waals surface area contributed by atoms with Crippen LogP contribution in [0.15, 0.2) is 4.99 Å². The number of nitrogens with one attached hydrogen (secondary N) is 1. The first-order chi connectivity index (χ1) is 4.31. The maximum atomic E-state index is 10.2. The van der Waals surface area contributed by atoms with E-state index in [2.05, 4.69) is 15.0 Å². The monoisotopic (exact) mass is 130 g/mol. The van der Waals surface area contributed by atoms with Crippen molar-refractivity contribution in [3.05, 3.63) is 0 Å². The summed E-state index contributed by atoms with van der Waals surface area (Å²) in [5.41, 5.74) is 0. The number of amides is 1. The van der Waals surface area contributed by atoms with Crippen molar-refractivity contribution in [1.29, 1.82) is 0 Å². The summed E-state index contributed by atoms with van der Waals surface area (Å²) in [6, 6.07) is 0. The van der Waals surface area contributed by atoms with Gasteiger partial charge >= 0.3 is 6.09 Å². The van der Waals surface area contributed by atoms with Crippen LogP contribution in [0.3, 0.4) is 0 Å². The van der Waals surface area contributed by atoms with Gasteiger partial charge in [-0.25, -0.2) is 9.59 Å². The first kappa shape index (κ1) is 7.65. The van der Waals surface area contributed by atoms with Crippen LogP contribution < -0.4 is 5.32 Å². The number of alkyl carbamates (subject to hydrolysis) is 1. The van der Waals surface area contributed by atoms with Crippen LogP contribution in [0.4, 0.5) is 4.79 Å². The molecular formula is C4H6N2O3. The molecular weight excluding hydrogens is 124 g/mol. The molecule has 0 aliphatic carbocycles. The largest absolute Gasteiger partial charge is 0.453 e. The fourth-order valence-corrected chi connectivity index (χ4v) is 0.209. The molecule has 0 rings (SSSR count). The van der Waals surface area contributed by atoms with E-state index in [4.69, 9.17) is 0 Å². The Kier molecular flexibility index (Phi) is 4.08. The molecule has 0 aliphatic heterocycles. The van der Waals surface area contributed by atoms with Gasteiger partial charge in [0, 0.05) is 0 Å². The Balaban J connectivity index is 3.27. The van der Waals surface area contributed by atoms with Gasteiger partial charge in [-0.2, -0.15) is 4.99 Å². The van der Waals surface area contributed by atoms with Crippen LogP contribution in [0, 0.1) is 0 Å². The highest BCUT2D eigenvalue weighted by Crippen LogP contribution is 1.68. The Hall–Kier alpha value is -1.35. The standard InChI is InChI=1S/C4H6N2O3/c1-9-4(8)6-2-5-3-7/h2H2,1H3,(H,6,8). The van der Waals surface area contributed by atoms with E-state index < -0.39 is 6.09 Å². The second kappa shape index (κ2) is 4.80. The molecule has 0 saturated heterocycles. The van der Waals surface area contributed by atoms with Gasteiger partial charge in [0.15, 0.2) is 0 Å². The molecule has 0 saturated carbocycles. The molecule has 50 valence electrons. The number of hydrogen-bond acceptors (Lipinski definition) is 4. The summed E-state index contributed by atoms with van der Waals surface area (Å²) in [5.74, 6) is 0. The molecule has 0 unspecified atom stereocenters. The van der Waals surface area contributed by atoms with E-state index in [1.807, 2.05) is 0 Å². The average Bonchev–Trinajstić information content (AvgIpc) is 1.89. The number of carbonyl (C=O) groups is 1. The number of hydrogen-bond donors (Lipinski definition) is 1. The highest BCUT2D eigenvalue weighted by molar-refractivity contribution is 5.66. The van der Waals surface area contributed by atoms with Gasteiger partial charge in [-0.15, -0.1) is 0 Å². The van der Waals surface area contributed by atoms with E-state index in [1.165, 1.54) is 13.2 Å². The highest BCUT2D eigenvalue weighted by Gasteiger charge is 1.92. The molecule has 0 aliphatic rings. The van der Waals surface area contributed by atoms with Crippen LogP contribution in [-0.4, -0.2) is 26.0 Å². The number of nitrogens with zero attached hydrogens (tertiary/aromatic N) is 1. The van der Waals surface area contributed by atoms with Gasteiger partial charge < -0.3 is 10.1 Å². The molecule has 0 heterocycles. The third-order valence-corrected chi connectivity index (χ3v) is 0.552. The number of rotatable bonds is 2. The maximum absolute atomic E-state index is 10.2. The second-order valence-electron chi connectivity index (χ2n) is 1.08. The van der Waals surface area contributed by atoms with E-state index in [1.54, 1.807) is 0 Å². The summed E-state index contributed by atoms with van der Waals surface area (Å²) in [5, 5.41) is 2.14. The van der Waals surface area contributed by atoms with Crippen LogP contribution in [0.25, 0.3) is 0 Å². The maximum Gasteiger partial charge on any atom is 0.408 e. The summed E-state index contributed by atoms with van der Waals surface area (Å²) in [6.07, 6.45) is 0.635. The lowest BCUT2D eigenvalue weighted by atomic mass is 11.0. The quantitative estimate of drug-likeness (QED) is 0.409. The lowest BCUT2D eigenvalue weighted by Gasteiger charge is -1.95. The summed E-state index contributed by atoms with van der Waals surface area (Å²) in [7, 11) is 1.22. The van der Waals surface area contributed by atoms with Gasteiger partial charge in [-0.3, -0.25) is 0 Å². The zero-order valence-corrected chi connectivity index (χ0v) is 4.88. The molecule has 0 aromatic carbocycles. The topological polar surface area (TPSA) is 67.8 Å². The lowest BCUT2D eigenvalue weighted by molar-refractivity contribution is 0.171. The fourth-order valence-electron chi connectivity index (χ4n) is 0.209. The van der Waals surface area contributed by atoms with Crippen LogP contribution in [0.1, 0.15) is 0 Å². The van der Waals surface area contributed by atoms with E-state index in [0.717, 1.165) is 0 Å². The Morgan fingerprint density at radius 1 is 1.89 bits per heavy atom. The lowest BCUT2D eigenvalue weighted by Crippen LogP contribution is -2.22. The Bertz CT molecular complexity index is 139. The van der Waals surface area contributed by atoms with Crippen molar-refractivity contribution in [3.63, 3.8) is 0 Å². The summed E-state index contributed by atoms with van der Waals surface area (Å²) < 4.78 is 4.16. The van der Waals surface area contributed by atoms with Crippen molar-refractivity contribution in [1.82, 2.24) is 5.32 Å². The van der Waals surface area contributed by atoms with Crippen LogP contribution in [0.5, 0.6) is 0 Å². The van der Waals surface area contributed by atoms with Gasteiger partial charge in [-0.1, -0.05) is 0 Å². The van der Waals surface area contributed by atoms with Crippen LogP contribution >= 0.6 is 0 Å². The zero-order valence-electron chi connectivity index (χ0n) is 4.88. The van der Waals surface area contributed by atoms with Crippen molar-refractivity contribution in [2.24, 2.45) is 4.99 Å². The van der Waals surface area contributed by atoms with Crippen LogP contribution in [-0.2, 0) is 9.53 Å². The molecule has 0 bridgehead atoms. The zero-order chi connectivity index (χ0) is 7.11. The van der Waals surface area contributed by atoms with Crippen molar-refractivity contribution in [3.8, 4) is 0 Å². The van der Waals surface area contributed by atoms with E-state index in [0.29, 0.717) is 0 Å². The third-order valence-electron chi connectivity index (χ3n) is 0.552. The number of carbonyl (C=O) groups excluding carboxylic acids is 2. The molecule has 0 fully saturated rings. The van der Waals surface area contributed by atoms with Gasteiger partial charge in [0.2, 0.25) is 6.08 Å². The fraction of sp³-hybridized carbons (Fsp3) is 0.500. The van der Waals surface area contributed by atoms with E-state index in [9.17, 15) is 9.59 Å². The first-order valence-corrected chi connectivity index (χ1v) is 2.16. The Morgan fingerprint density at radius 2 is 2.56 bits per heavy atom. The number of isocyanates is 1. The Morgan fingerprint density at radius 3 is 3.00 bits per heavy atom.